The Labute approximate surface area is 194 Å². The number of rotatable bonds is 7. The minimum absolute atomic E-state index is 0.0948. The normalized spacial score (nSPS) is 17.6. The van der Waals surface area contributed by atoms with Crippen molar-refractivity contribution in [2.75, 3.05) is 13.6 Å². The number of benzene rings is 2. The predicted molar refractivity (Wildman–Crippen MR) is 136 cm³/mol. The summed E-state index contributed by atoms with van der Waals surface area (Å²) in [6.07, 6.45) is 4.26. The minimum atomic E-state index is -0.0948. The number of carbonyl (C=O) groups is 1. The first-order valence-electron chi connectivity index (χ1n) is 11.6. The van der Waals surface area contributed by atoms with Gasteiger partial charge >= 0.3 is 0 Å². The fourth-order valence-electron chi connectivity index (χ4n) is 4.17. The third-order valence-corrected chi connectivity index (χ3v) is 5.62. The highest BCUT2D eigenvalue weighted by atomic mass is 16.1. The summed E-state index contributed by atoms with van der Waals surface area (Å²) in [6, 6.07) is 18.9. The predicted octanol–water partition coefficient (Wildman–Crippen LogP) is 5.63. The third-order valence-electron chi connectivity index (χ3n) is 5.62. The molecule has 0 aliphatic carbocycles. The van der Waals surface area contributed by atoms with Gasteiger partial charge in [-0.25, -0.2) is 0 Å². The summed E-state index contributed by atoms with van der Waals surface area (Å²) in [5, 5.41) is 6.31. The number of carbonyl (C=O) groups excluding carboxylic acids is 1. The van der Waals surface area contributed by atoms with Gasteiger partial charge in [0.25, 0.3) is 5.91 Å². The van der Waals surface area contributed by atoms with Gasteiger partial charge in [-0.3, -0.25) is 4.79 Å². The van der Waals surface area contributed by atoms with Crippen molar-refractivity contribution in [1.29, 1.82) is 0 Å². The van der Waals surface area contributed by atoms with Crippen LogP contribution in [0.3, 0.4) is 0 Å². The number of nitrogens with one attached hydrogen (secondary N) is 2. The van der Waals surface area contributed by atoms with Crippen LogP contribution in [-0.4, -0.2) is 36.5 Å². The summed E-state index contributed by atoms with van der Waals surface area (Å²) in [5.41, 5.74) is 4.76. The monoisotopic (exact) mass is 433 g/mol. The van der Waals surface area contributed by atoms with Crippen LogP contribution < -0.4 is 10.6 Å². The molecule has 2 aromatic carbocycles. The minimum Gasteiger partial charge on any atom is -0.382 e. The molecule has 4 nitrogen and oxygen atoms in total. The van der Waals surface area contributed by atoms with E-state index in [1.54, 1.807) is 7.05 Å². The molecule has 0 aromatic heterocycles. The zero-order chi connectivity index (χ0) is 23.5. The fraction of sp³-hybridized carbons (Fsp3) is 0.393. The lowest BCUT2D eigenvalue weighted by Gasteiger charge is -2.42. The van der Waals surface area contributed by atoms with E-state index in [1.807, 2.05) is 24.3 Å². The van der Waals surface area contributed by atoms with Crippen LogP contribution in [0.5, 0.6) is 0 Å². The lowest BCUT2D eigenvalue weighted by Crippen LogP contribution is -2.48. The molecule has 1 aliphatic rings. The largest absolute Gasteiger partial charge is 0.382 e. The summed E-state index contributed by atoms with van der Waals surface area (Å²) in [4.78, 5) is 14.6. The van der Waals surface area contributed by atoms with E-state index in [-0.39, 0.29) is 5.91 Å². The number of amides is 1. The molecule has 32 heavy (non-hydrogen) atoms. The molecule has 172 valence electrons. The first-order valence-corrected chi connectivity index (χ1v) is 11.6. The second-order valence-corrected chi connectivity index (χ2v) is 8.45. The van der Waals surface area contributed by atoms with E-state index >= 15 is 0 Å². The van der Waals surface area contributed by atoms with Crippen molar-refractivity contribution in [1.82, 2.24) is 15.5 Å². The number of allylic oxidation sites excluding steroid dienone is 1. The summed E-state index contributed by atoms with van der Waals surface area (Å²) in [5.74, 6) is -0.0948. The molecule has 1 amide bonds. The van der Waals surface area contributed by atoms with Gasteiger partial charge < -0.3 is 15.5 Å². The summed E-state index contributed by atoms with van der Waals surface area (Å²) in [6.45, 7) is 15.7. The van der Waals surface area contributed by atoms with Crippen LogP contribution in [0.4, 0.5) is 0 Å². The summed E-state index contributed by atoms with van der Waals surface area (Å²) >= 11 is 0. The van der Waals surface area contributed by atoms with E-state index in [0.717, 1.165) is 42.8 Å². The van der Waals surface area contributed by atoms with E-state index in [1.165, 1.54) is 12.0 Å². The maximum absolute atomic E-state index is 12.2. The Hall–Kier alpha value is -3.01. The molecule has 3 rings (SSSR count). The standard InChI is InChI=1S/C25H31N3O.C3H8/c1-18(2)28-15-14-21(17-22(28)16-20-10-6-5-7-11-20)27-19(3)23-12-8-9-13-24(23)25(29)26-4;1-3-2/h5-13,21-22,27H,1,3,14-17H2,2,4H3,(H,26,29);3H2,1-2H3/t21-,22-;/m0./s1. The third kappa shape index (κ3) is 7.01. The molecule has 1 aliphatic heterocycles. The summed E-state index contributed by atoms with van der Waals surface area (Å²) in [7, 11) is 1.65. The maximum Gasteiger partial charge on any atom is 0.251 e. The van der Waals surface area contributed by atoms with E-state index in [2.05, 4.69) is 79.8 Å². The number of likely N-dealkylation sites (tertiary alicyclic amines) is 1. The first-order chi connectivity index (χ1) is 15.4. The molecule has 0 bridgehead atoms. The van der Waals surface area contributed by atoms with Crippen LogP contribution in [0, 0.1) is 0 Å². The van der Waals surface area contributed by atoms with Crippen molar-refractivity contribution in [3.05, 3.63) is 90.1 Å². The van der Waals surface area contributed by atoms with Gasteiger partial charge in [0.05, 0.1) is 0 Å². The van der Waals surface area contributed by atoms with Gasteiger partial charge in [-0.2, -0.15) is 0 Å². The molecular formula is C28H39N3O. The van der Waals surface area contributed by atoms with Gasteiger partial charge in [0.15, 0.2) is 0 Å². The Morgan fingerprint density at radius 1 is 1.03 bits per heavy atom. The van der Waals surface area contributed by atoms with Crippen molar-refractivity contribution in [3.63, 3.8) is 0 Å². The highest BCUT2D eigenvalue weighted by Crippen LogP contribution is 2.26. The highest BCUT2D eigenvalue weighted by molar-refractivity contribution is 5.98. The average Bonchev–Trinajstić information content (AvgIpc) is 2.79. The van der Waals surface area contributed by atoms with Crippen molar-refractivity contribution in [2.24, 2.45) is 0 Å². The van der Waals surface area contributed by atoms with Gasteiger partial charge in [0.1, 0.15) is 0 Å². The molecule has 2 atom stereocenters. The molecule has 1 saturated heterocycles. The van der Waals surface area contributed by atoms with Gasteiger partial charge in [-0.15, -0.1) is 0 Å². The van der Waals surface area contributed by atoms with Gasteiger partial charge in [-0.1, -0.05) is 82.0 Å². The van der Waals surface area contributed by atoms with E-state index in [9.17, 15) is 4.79 Å². The molecular weight excluding hydrogens is 394 g/mol. The van der Waals surface area contributed by atoms with Crippen LogP contribution in [-0.2, 0) is 6.42 Å². The topological polar surface area (TPSA) is 44.4 Å². The van der Waals surface area contributed by atoms with Crippen LogP contribution in [0.2, 0.25) is 0 Å². The molecule has 1 heterocycles. The number of hydrogen-bond donors (Lipinski definition) is 2. The Bertz CT molecular complexity index is 891. The molecule has 0 spiro atoms. The smallest absolute Gasteiger partial charge is 0.251 e. The Morgan fingerprint density at radius 3 is 2.22 bits per heavy atom. The zero-order valence-electron chi connectivity index (χ0n) is 20.2. The quantitative estimate of drug-likeness (QED) is 0.595. The molecule has 0 unspecified atom stereocenters. The molecule has 2 aromatic rings. The van der Waals surface area contributed by atoms with Gasteiger partial charge in [0, 0.05) is 48.2 Å². The van der Waals surface area contributed by atoms with Crippen molar-refractivity contribution < 1.29 is 4.79 Å². The van der Waals surface area contributed by atoms with E-state index < -0.39 is 0 Å². The Balaban J connectivity index is 0.00000114. The van der Waals surface area contributed by atoms with Crippen LogP contribution in [0.15, 0.2) is 73.5 Å². The molecule has 1 fully saturated rings. The first kappa shape index (κ1) is 25.3. The summed E-state index contributed by atoms with van der Waals surface area (Å²) < 4.78 is 0. The number of hydrogen-bond acceptors (Lipinski definition) is 3. The Morgan fingerprint density at radius 2 is 1.62 bits per heavy atom. The molecule has 2 N–H and O–H groups in total. The van der Waals surface area contributed by atoms with Gasteiger partial charge in [0.2, 0.25) is 0 Å². The second kappa shape index (κ2) is 12.7. The van der Waals surface area contributed by atoms with Crippen molar-refractivity contribution in [3.8, 4) is 0 Å². The number of nitrogens with zero attached hydrogens (tertiary/aromatic N) is 1. The maximum atomic E-state index is 12.2. The second-order valence-electron chi connectivity index (χ2n) is 8.45. The zero-order valence-corrected chi connectivity index (χ0v) is 20.2. The van der Waals surface area contributed by atoms with Crippen molar-refractivity contribution in [2.45, 2.75) is 58.5 Å². The van der Waals surface area contributed by atoms with Gasteiger partial charge in [-0.05, 0) is 37.8 Å². The van der Waals surface area contributed by atoms with E-state index in [0.29, 0.717) is 17.6 Å². The van der Waals surface area contributed by atoms with E-state index in [4.69, 9.17) is 0 Å². The molecule has 0 saturated carbocycles. The molecule has 0 radical (unpaired) electrons. The Kier molecular flexibility index (Phi) is 10.1. The average molecular weight is 434 g/mol. The lowest BCUT2D eigenvalue weighted by atomic mass is 9.91. The van der Waals surface area contributed by atoms with Crippen LogP contribution in [0.1, 0.15) is 61.5 Å². The highest BCUT2D eigenvalue weighted by Gasteiger charge is 2.29. The van der Waals surface area contributed by atoms with Crippen LogP contribution >= 0.6 is 0 Å². The van der Waals surface area contributed by atoms with Crippen LogP contribution in [0.25, 0.3) is 5.70 Å². The molecule has 4 heteroatoms. The lowest BCUT2D eigenvalue weighted by molar-refractivity contribution is 0.0962. The SMILES string of the molecule is C=C(N[C@H]1CCN(C(=C)C)[C@@H](Cc2ccccc2)C1)c1ccccc1C(=O)NC.CCC. The fourth-order valence-corrected chi connectivity index (χ4v) is 4.17. The van der Waals surface area contributed by atoms with Crippen molar-refractivity contribution >= 4 is 11.6 Å². The number of piperidine rings is 1.